The van der Waals surface area contributed by atoms with Gasteiger partial charge >= 0.3 is 5.97 Å². The standard InChI is InChI=1S/C34H32Cl2N4O7/c1-34(2)18-46-10-9-39(34)33(44)31-26-17-47-28-16-27(45-3)24(19-5-4-6-22(11-19)37-29(41)7-8-30(42)43)15-25(28)32(26)40(38-31)23-13-20(35)12-21(36)14-23/h4-6,11-16H,7-10,17-18H2,1-3H3,(H,37,41)(H,42,43). The number of anilines is 1. The van der Waals surface area contributed by atoms with Gasteiger partial charge in [0, 0.05) is 51.5 Å². The molecule has 3 heterocycles. The van der Waals surface area contributed by atoms with E-state index in [9.17, 15) is 14.4 Å². The van der Waals surface area contributed by atoms with Gasteiger partial charge in [0.2, 0.25) is 5.91 Å². The molecule has 1 aromatic heterocycles. The third kappa shape index (κ3) is 6.51. The van der Waals surface area contributed by atoms with Crippen LogP contribution in [-0.2, 0) is 20.9 Å². The lowest BCUT2D eigenvalue weighted by Gasteiger charge is -2.41. The zero-order chi connectivity index (χ0) is 33.5. The average Bonchev–Trinajstić information content (AvgIpc) is 3.42. The molecule has 2 aliphatic heterocycles. The Labute approximate surface area is 280 Å². The van der Waals surface area contributed by atoms with Crippen molar-refractivity contribution in [1.29, 1.82) is 0 Å². The molecular weight excluding hydrogens is 647 g/mol. The Balaban J connectivity index is 1.49. The van der Waals surface area contributed by atoms with Crippen LogP contribution in [0, 0.1) is 0 Å². The van der Waals surface area contributed by atoms with Crippen LogP contribution in [0.2, 0.25) is 10.0 Å². The van der Waals surface area contributed by atoms with E-state index in [2.05, 4.69) is 5.32 Å². The van der Waals surface area contributed by atoms with Gasteiger partial charge in [0.15, 0.2) is 5.69 Å². The van der Waals surface area contributed by atoms with Crippen molar-refractivity contribution >= 4 is 46.7 Å². The number of nitrogens with zero attached hydrogens (tertiary/aromatic N) is 3. The van der Waals surface area contributed by atoms with Crippen molar-refractivity contribution < 1.29 is 33.7 Å². The Morgan fingerprint density at radius 1 is 1.04 bits per heavy atom. The summed E-state index contributed by atoms with van der Waals surface area (Å²) in [5.74, 6) is -0.661. The SMILES string of the molecule is COc1cc2c(cc1-c1cccc(NC(=O)CCC(=O)O)c1)-c1c(c(C(=O)N3CCOCC3(C)C)nn1-c1cc(Cl)cc(Cl)c1)CO2. The van der Waals surface area contributed by atoms with E-state index in [0.717, 1.165) is 5.56 Å². The van der Waals surface area contributed by atoms with Gasteiger partial charge in [-0.15, -0.1) is 0 Å². The Morgan fingerprint density at radius 2 is 1.81 bits per heavy atom. The summed E-state index contributed by atoms with van der Waals surface area (Å²) in [6.45, 7) is 5.23. The number of aromatic nitrogens is 2. The van der Waals surface area contributed by atoms with E-state index in [1.807, 2.05) is 26.0 Å². The molecule has 0 saturated carbocycles. The van der Waals surface area contributed by atoms with Crippen LogP contribution in [0.15, 0.2) is 54.6 Å². The van der Waals surface area contributed by atoms with Crippen LogP contribution in [0.5, 0.6) is 11.5 Å². The lowest BCUT2D eigenvalue weighted by molar-refractivity contribution is -0.138. The van der Waals surface area contributed by atoms with Crippen LogP contribution in [0.4, 0.5) is 5.69 Å². The van der Waals surface area contributed by atoms with Crippen molar-refractivity contribution in [3.8, 4) is 39.6 Å². The number of nitrogens with one attached hydrogen (secondary N) is 1. The molecule has 1 saturated heterocycles. The maximum absolute atomic E-state index is 14.2. The molecule has 0 radical (unpaired) electrons. The molecule has 0 spiro atoms. The predicted octanol–water partition coefficient (Wildman–Crippen LogP) is 6.47. The van der Waals surface area contributed by atoms with Crippen molar-refractivity contribution in [3.63, 3.8) is 0 Å². The van der Waals surface area contributed by atoms with Gasteiger partial charge in [0.05, 0.1) is 43.7 Å². The number of aliphatic carboxylic acids is 1. The number of ether oxygens (including phenoxy) is 3. The van der Waals surface area contributed by atoms with E-state index < -0.39 is 17.4 Å². The van der Waals surface area contributed by atoms with Crippen LogP contribution in [0.3, 0.4) is 0 Å². The first-order valence-electron chi connectivity index (χ1n) is 14.9. The Hall–Kier alpha value is -4.58. The van der Waals surface area contributed by atoms with E-state index in [0.29, 0.717) is 75.1 Å². The van der Waals surface area contributed by atoms with Crippen LogP contribution in [0.1, 0.15) is 42.7 Å². The average molecular weight is 680 g/mol. The lowest BCUT2D eigenvalue weighted by atomic mass is 9.95. The van der Waals surface area contributed by atoms with Crippen LogP contribution in [0.25, 0.3) is 28.1 Å². The minimum Gasteiger partial charge on any atom is -0.496 e. The van der Waals surface area contributed by atoms with Crippen LogP contribution in [-0.4, -0.2) is 70.0 Å². The summed E-state index contributed by atoms with van der Waals surface area (Å²) < 4.78 is 19.3. The fourth-order valence-corrected chi connectivity index (χ4v) is 6.38. The summed E-state index contributed by atoms with van der Waals surface area (Å²) in [5, 5.41) is 17.4. The molecule has 2 aliphatic rings. The smallest absolute Gasteiger partial charge is 0.303 e. The van der Waals surface area contributed by atoms with E-state index in [-0.39, 0.29) is 31.0 Å². The molecule has 0 unspecified atom stereocenters. The second kappa shape index (κ2) is 12.9. The number of methoxy groups -OCH3 is 1. The molecule has 244 valence electrons. The highest BCUT2D eigenvalue weighted by Gasteiger charge is 2.39. The van der Waals surface area contributed by atoms with Gasteiger partial charge in [-0.2, -0.15) is 5.10 Å². The number of hydrogen-bond acceptors (Lipinski definition) is 7. The fourth-order valence-electron chi connectivity index (χ4n) is 5.87. The molecule has 0 bridgehead atoms. The summed E-state index contributed by atoms with van der Waals surface area (Å²) in [7, 11) is 1.55. The normalized spacial score (nSPS) is 14.9. The van der Waals surface area contributed by atoms with Gasteiger partial charge in [0.1, 0.15) is 18.1 Å². The number of hydrogen-bond donors (Lipinski definition) is 2. The van der Waals surface area contributed by atoms with E-state index in [4.69, 9.17) is 47.6 Å². The van der Waals surface area contributed by atoms with Gasteiger partial charge < -0.3 is 29.5 Å². The highest BCUT2D eigenvalue weighted by atomic mass is 35.5. The van der Waals surface area contributed by atoms with Crippen LogP contribution < -0.4 is 14.8 Å². The number of morpholine rings is 1. The predicted molar refractivity (Wildman–Crippen MR) is 177 cm³/mol. The molecule has 4 aromatic rings. The van der Waals surface area contributed by atoms with Gasteiger partial charge in [-0.3, -0.25) is 14.4 Å². The van der Waals surface area contributed by atoms with Crippen molar-refractivity contribution in [2.75, 3.05) is 32.2 Å². The number of benzene rings is 3. The molecule has 1 fully saturated rings. The summed E-state index contributed by atoms with van der Waals surface area (Å²) >= 11 is 12.9. The topological polar surface area (TPSA) is 132 Å². The number of carbonyl (C=O) groups excluding carboxylic acids is 2. The zero-order valence-corrected chi connectivity index (χ0v) is 27.4. The minimum absolute atomic E-state index is 0.0861. The minimum atomic E-state index is -1.05. The third-order valence-electron chi connectivity index (χ3n) is 8.12. The molecule has 0 atom stereocenters. The maximum Gasteiger partial charge on any atom is 0.303 e. The first-order valence-corrected chi connectivity index (χ1v) is 15.7. The molecule has 2 amide bonds. The van der Waals surface area contributed by atoms with Gasteiger partial charge in [-0.05, 0) is 55.8 Å². The Kier molecular flexibility index (Phi) is 8.88. The zero-order valence-electron chi connectivity index (χ0n) is 25.9. The van der Waals surface area contributed by atoms with Crippen molar-refractivity contribution in [2.45, 2.75) is 38.8 Å². The first-order chi connectivity index (χ1) is 22.4. The van der Waals surface area contributed by atoms with Crippen molar-refractivity contribution in [3.05, 3.63) is 75.9 Å². The maximum atomic E-state index is 14.2. The summed E-state index contributed by atoms with van der Waals surface area (Å²) in [6, 6.07) is 15.9. The second-order valence-corrected chi connectivity index (χ2v) is 12.8. The number of amides is 2. The Bertz CT molecular complexity index is 1890. The molecule has 13 heteroatoms. The lowest BCUT2D eigenvalue weighted by Crippen LogP contribution is -2.55. The van der Waals surface area contributed by atoms with Gasteiger partial charge in [-0.25, -0.2) is 4.68 Å². The molecule has 47 heavy (non-hydrogen) atoms. The Morgan fingerprint density at radius 3 is 2.51 bits per heavy atom. The monoisotopic (exact) mass is 678 g/mol. The molecule has 6 rings (SSSR count). The highest BCUT2D eigenvalue weighted by Crippen LogP contribution is 2.47. The van der Waals surface area contributed by atoms with E-state index in [1.165, 1.54) is 0 Å². The number of carbonyl (C=O) groups is 3. The van der Waals surface area contributed by atoms with Gasteiger partial charge in [0.25, 0.3) is 5.91 Å². The number of carboxylic acid groups (broad SMARTS) is 1. The number of halogens is 2. The van der Waals surface area contributed by atoms with E-state index in [1.54, 1.807) is 59.2 Å². The number of fused-ring (bicyclic) bond motifs is 3. The van der Waals surface area contributed by atoms with Crippen molar-refractivity contribution in [2.24, 2.45) is 0 Å². The summed E-state index contributed by atoms with van der Waals surface area (Å²) in [6.07, 6.45) is -0.423. The third-order valence-corrected chi connectivity index (χ3v) is 8.56. The highest BCUT2D eigenvalue weighted by molar-refractivity contribution is 6.34. The summed E-state index contributed by atoms with van der Waals surface area (Å²) in [4.78, 5) is 39.2. The largest absolute Gasteiger partial charge is 0.496 e. The second-order valence-electron chi connectivity index (χ2n) is 11.9. The quantitative estimate of drug-likeness (QED) is 0.217. The van der Waals surface area contributed by atoms with Gasteiger partial charge in [-0.1, -0.05) is 35.3 Å². The molecule has 2 N–H and O–H groups in total. The van der Waals surface area contributed by atoms with Crippen LogP contribution >= 0.6 is 23.2 Å². The molecule has 0 aliphatic carbocycles. The molecular formula is C34H32Cl2N4O7. The number of rotatable bonds is 8. The van der Waals surface area contributed by atoms with E-state index >= 15 is 0 Å². The fraction of sp³-hybridized carbons (Fsp3) is 0.294. The molecule has 3 aromatic carbocycles. The van der Waals surface area contributed by atoms with Crippen molar-refractivity contribution in [1.82, 2.24) is 14.7 Å². The molecule has 11 nitrogen and oxygen atoms in total. The summed E-state index contributed by atoms with van der Waals surface area (Å²) in [5.41, 5.74) is 4.07. The number of carboxylic acids is 1. The first kappa shape index (κ1) is 32.4.